The zero-order valence-corrected chi connectivity index (χ0v) is 19.2. The van der Waals surface area contributed by atoms with Gasteiger partial charge >= 0.3 is 0 Å². The van der Waals surface area contributed by atoms with Crippen molar-refractivity contribution in [2.45, 2.75) is 32.9 Å². The van der Waals surface area contributed by atoms with Crippen molar-refractivity contribution in [3.63, 3.8) is 0 Å². The van der Waals surface area contributed by atoms with Gasteiger partial charge in [-0.1, -0.05) is 78.4 Å². The van der Waals surface area contributed by atoms with Gasteiger partial charge in [0.1, 0.15) is 17.4 Å². The Morgan fingerprint density at radius 1 is 1.03 bits per heavy atom. The quantitative estimate of drug-likeness (QED) is 0.348. The van der Waals surface area contributed by atoms with Crippen LogP contribution < -0.4 is 15.4 Å². The molecule has 0 spiro atoms. The van der Waals surface area contributed by atoms with Crippen molar-refractivity contribution in [2.75, 3.05) is 6.61 Å². The third-order valence-electron chi connectivity index (χ3n) is 5.32. The minimum Gasteiger partial charge on any atom is -0.494 e. The number of rotatable bonds is 9. The molecule has 0 aliphatic carbocycles. The second kappa shape index (κ2) is 11.5. The fourth-order valence-electron chi connectivity index (χ4n) is 3.60. The highest BCUT2D eigenvalue weighted by atomic mass is 16.5. The first kappa shape index (κ1) is 23.6. The Morgan fingerprint density at radius 2 is 1.64 bits per heavy atom. The van der Waals surface area contributed by atoms with Crippen molar-refractivity contribution in [3.8, 4) is 11.8 Å². The average molecular weight is 440 g/mol. The molecule has 3 aromatic carbocycles. The number of benzene rings is 3. The number of aryl methyl sites for hydroxylation is 1. The monoisotopic (exact) mass is 439 g/mol. The molecule has 0 aliphatic rings. The highest BCUT2D eigenvalue weighted by Crippen LogP contribution is 2.27. The van der Waals surface area contributed by atoms with Crippen molar-refractivity contribution in [1.82, 2.24) is 10.6 Å². The van der Waals surface area contributed by atoms with Gasteiger partial charge in [0, 0.05) is 11.8 Å². The summed E-state index contributed by atoms with van der Waals surface area (Å²) in [5, 5.41) is 15.9. The van der Waals surface area contributed by atoms with Gasteiger partial charge in [-0.3, -0.25) is 4.79 Å². The van der Waals surface area contributed by atoms with Crippen LogP contribution in [0.3, 0.4) is 0 Å². The molecule has 5 nitrogen and oxygen atoms in total. The zero-order valence-electron chi connectivity index (χ0n) is 19.2. The Kier molecular flexibility index (Phi) is 8.26. The molecule has 0 bridgehead atoms. The van der Waals surface area contributed by atoms with E-state index in [1.165, 1.54) is 6.20 Å². The predicted octanol–water partition coefficient (Wildman–Crippen LogP) is 5.36. The van der Waals surface area contributed by atoms with Crippen LogP contribution >= 0.6 is 0 Å². The Hall–Kier alpha value is -4.04. The van der Waals surface area contributed by atoms with Gasteiger partial charge in [-0.25, -0.2) is 0 Å². The molecule has 0 radical (unpaired) electrons. The molecule has 1 amide bonds. The first-order chi connectivity index (χ1) is 16.0. The van der Waals surface area contributed by atoms with Gasteiger partial charge in [0.25, 0.3) is 5.91 Å². The summed E-state index contributed by atoms with van der Waals surface area (Å²) in [6, 6.07) is 26.9. The van der Waals surface area contributed by atoms with Crippen LogP contribution in [0.4, 0.5) is 0 Å². The maximum absolute atomic E-state index is 13.0. The topological polar surface area (TPSA) is 74.1 Å². The van der Waals surface area contributed by atoms with Crippen molar-refractivity contribution in [2.24, 2.45) is 0 Å². The van der Waals surface area contributed by atoms with Gasteiger partial charge in [-0.2, -0.15) is 5.26 Å². The summed E-state index contributed by atoms with van der Waals surface area (Å²) in [7, 11) is 0. The predicted molar refractivity (Wildman–Crippen MR) is 130 cm³/mol. The van der Waals surface area contributed by atoms with Crippen molar-refractivity contribution in [3.05, 3.63) is 113 Å². The van der Waals surface area contributed by atoms with Crippen LogP contribution in [0.5, 0.6) is 5.75 Å². The minimum absolute atomic E-state index is 0.00400. The molecule has 0 aromatic heterocycles. The van der Waals surface area contributed by atoms with Crippen molar-refractivity contribution >= 4 is 5.91 Å². The van der Waals surface area contributed by atoms with Crippen molar-refractivity contribution in [1.29, 1.82) is 5.26 Å². The molecule has 0 saturated heterocycles. The Morgan fingerprint density at radius 3 is 2.18 bits per heavy atom. The Balaban J connectivity index is 1.80. The number of ether oxygens (including phenoxy) is 1. The summed E-state index contributed by atoms with van der Waals surface area (Å²) in [6.07, 6.45) is 1.48. The van der Waals surface area contributed by atoms with E-state index in [4.69, 9.17) is 4.74 Å². The first-order valence-electron chi connectivity index (χ1n) is 11.0. The molecule has 33 heavy (non-hydrogen) atoms. The first-order valence-corrected chi connectivity index (χ1v) is 11.0. The molecule has 2 N–H and O–H groups in total. The van der Waals surface area contributed by atoms with Gasteiger partial charge < -0.3 is 15.4 Å². The van der Waals surface area contributed by atoms with E-state index in [0.717, 1.165) is 28.0 Å². The smallest absolute Gasteiger partial charge is 0.264 e. The SMILES string of the molecule is CCOc1ccc(C)cc1C(C)N/C=C(/C#N)C(=O)NC(c1ccccc1)c1ccccc1. The minimum atomic E-state index is -0.441. The molecule has 3 aromatic rings. The maximum Gasteiger partial charge on any atom is 0.264 e. The van der Waals surface area contributed by atoms with Crippen LogP contribution in [-0.2, 0) is 4.79 Å². The van der Waals surface area contributed by atoms with Crippen LogP contribution in [0.1, 0.15) is 48.2 Å². The number of nitrogens with zero attached hydrogens (tertiary/aromatic N) is 1. The standard InChI is InChI=1S/C28H29N3O2/c1-4-33-26-16-15-20(2)17-25(26)21(3)30-19-24(18-29)28(32)31-27(22-11-7-5-8-12-22)23-13-9-6-10-14-23/h5-17,19,21,27,30H,4H2,1-3H3,(H,31,32)/b24-19-. The van der Waals surface area contributed by atoms with Crippen LogP contribution in [-0.4, -0.2) is 12.5 Å². The van der Waals surface area contributed by atoms with Crippen LogP contribution in [0, 0.1) is 18.3 Å². The molecule has 0 fully saturated rings. The lowest BCUT2D eigenvalue weighted by Crippen LogP contribution is -2.31. The summed E-state index contributed by atoms with van der Waals surface area (Å²) in [4.78, 5) is 13.0. The van der Waals surface area contributed by atoms with E-state index >= 15 is 0 Å². The average Bonchev–Trinajstić information content (AvgIpc) is 2.85. The largest absolute Gasteiger partial charge is 0.494 e. The number of nitrogens with one attached hydrogen (secondary N) is 2. The van der Waals surface area contributed by atoms with Gasteiger partial charge in [-0.05, 0) is 38.0 Å². The molecule has 0 aliphatic heterocycles. The van der Waals surface area contributed by atoms with Gasteiger partial charge in [-0.15, -0.1) is 0 Å². The summed E-state index contributed by atoms with van der Waals surface area (Å²) in [6.45, 7) is 6.49. The molecule has 168 valence electrons. The van der Waals surface area contributed by atoms with Crippen LogP contribution in [0.2, 0.25) is 0 Å². The van der Waals surface area contributed by atoms with Crippen LogP contribution in [0.15, 0.2) is 90.6 Å². The summed E-state index contributed by atoms with van der Waals surface area (Å²) >= 11 is 0. The molecule has 1 unspecified atom stereocenters. The number of carbonyl (C=O) groups excluding carboxylic acids is 1. The lowest BCUT2D eigenvalue weighted by Gasteiger charge is -2.20. The highest BCUT2D eigenvalue weighted by Gasteiger charge is 2.19. The van der Waals surface area contributed by atoms with Gasteiger partial charge in [0.05, 0.1) is 18.7 Å². The lowest BCUT2D eigenvalue weighted by molar-refractivity contribution is -0.117. The van der Waals surface area contributed by atoms with E-state index in [2.05, 4.69) is 10.6 Å². The highest BCUT2D eigenvalue weighted by molar-refractivity contribution is 5.97. The van der Waals surface area contributed by atoms with E-state index in [0.29, 0.717) is 6.61 Å². The molecule has 0 heterocycles. The van der Waals surface area contributed by atoms with Gasteiger partial charge in [0.2, 0.25) is 0 Å². The second-order valence-electron chi connectivity index (χ2n) is 7.76. The second-order valence-corrected chi connectivity index (χ2v) is 7.76. The molecule has 3 rings (SSSR count). The van der Waals surface area contributed by atoms with E-state index in [-0.39, 0.29) is 17.7 Å². The zero-order chi connectivity index (χ0) is 23.6. The third kappa shape index (κ3) is 6.24. The fourth-order valence-corrected chi connectivity index (χ4v) is 3.60. The van der Waals surface area contributed by atoms with E-state index in [1.54, 1.807) is 0 Å². The van der Waals surface area contributed by atoms with E-state index in [1.807, 2.05) is 106 Å². The summed E-state index contributed by atoms with van der Waals surface area (Å²) in [5.74, 6) is 0.344. The lowest BCUT2D eigenvalue weighted by atomic mass is 9.98. The molecular weight excluding hydrogens is 410 g/mol. The number of carbonyl (C=O) groups is 1. The number of hydrogen-bond acceptors (Lipinski definition) is 4. The van der Waals surface area contributed by atoms with Crippen molar-refractivity contribution < 1.29 is 9.53 Å². The molecule has 5 heteroatoms. The number of amides is 1. The summed E-state index contributed by atoms with van der Waals surface area (Å²) in [5.41, 5.74) is 3.97. The maximum atomic E-state index is 13.0. The number of hydrogen-bond donors (Lipinski definition) is 2. The summed E-state index contributed by atoms with van der Waals surface area (Å²) < 4.78 is 5.74. The molecule has 0 saturated carbocycles. The van der Waals surface area contributed by atoms with E-state index in [9.17, 15) is 10.1 Å². The molecule has 1 atom stereocenters. The Labute approximate surface area is 195 Å². The van der Waals surface area contributed by atoms with Gasteiger partial charge in [0.15, 0.2) is 0 Å². The fraction of sp³-hybridized carbons (Fsp3) is 0.214. The number of nitriles is 1. The van der Waals surface area contributed by atoms with Crippen LogP contribution in [0.25, 0.3) is 0 Å². The normalized spacial score (nSPS) is 12.0. The van der Waals surface area contributed by atoms with E-state index < -0.39 is 5.91 Å². The molecular formula is C28H29N3O2. The third-order valence-corrected chi connectivity index (χ3v) is 5.32. The Bertz CT molecular complexity index is 1100.